The fraction of sp³-hybridized carbons (Fsp3) is 0.533. The predicted octanol–water partition coefficient (Wildman–Crippen LogP) is 2.01. The Bertz CT molecular complexity index is 491. The summed E-state index contributed by atoms with van der Waals surface area (Å²) < 4.78 is 0. The zero-order valence-corrected chi connectivity index (χ0v) is 10.9. The molecule has 3 rings (SSSR count). The minimum atomic E-state index is -0.239. The lowest BCUT2D eigenvalue weighted by Gasteiger charge is -2.33. The van der Waals surface area contributed by atoms with Crippen LogP contribution in [0.1, 0.15) is 30.4 Å². The largest absolute Gasteiger partial charge is 0.329 e. The number of hydrogen-bond donors (Lipinski definition) is 1. The maximum Gasteiger partial charge on any atom is 0.234 e. The molecule has 3 heteroatoms. The molecule has 0 unspecified atom stereocenters. The summed E-state index contributed by atoms with van der Waals surface area (Å²) in [5, 5.41) is 0. The summed E-state index contributed by atoms with van der Waals surface area (Å²) in [4.78, 5) is 14.7. The maximum atomic E-state index is 12.7. The number of para-hydroxylation sites is 1. The van der Waals surface area contributed by atoms with Crippen LogP contribution < -0.4 is 10.6 Å². The summed E-state index contributed by atoms with van der Waals surface area (Å²) in [5.41, 5.74) is 9.20. The highest BCUT2D eigenvalue weighted by Crippen LogP contribution is 2.47. The molecule has 3 nitrogen and oxygen atoms in total. The first-order chi connectivity index (χ1) is 8.68. The predicted molar refractivity (Wildman–Crippen MR) is 72.6 cm³/mol. The van der Waals surface area contributed by atoms with Crippen LogP contribution in [-0.4, -0.2) is 19.0 Å². The number of nitrogens with two attached hydrogens (primary N) is 1. The Morgan fingerprint density at radius 2 is 2.22 bits per heavy atom. The maximum absolute atomic E-state index is 12.7. The molecule has 0 bridgehead atoms. The molecule has 1 fully saturated rings. The number of fused-ring (bicyclic) bond motifs is 1. The molecule has 18 heavy (non-hydrogen) atoms. The van der Waals surface area contributed by atoms with Gasteiger partial charge in [0, 0.05) is 18.8 Å². The molecular weight excluding hydrogens is 224 g/mol. The third-order valence-corrected chi connectivity index (χ3v) is 4.36. The Hall–Kier alpha value is -1.35. The van der Waals surface area contributed by atoms with Crippen LogP contribution in [0, 0.1) is 12.3 Å². The fourth-order valence-corrected chi connectivity index (χ4v) is 2.99. The Morgan fingerprint density at radius 3 is 2.89 bits per heavy atom. The average Bonchev–Trinajstić information content (AvgIpc) is 3.19. The second-order valence-electron chi connectivity index (χ2n) is 5.63. The number of rotatable bonds is 2. The Morgan fingerprint density at radius 1 is 1.44 bits per heavy atom. The van der Waals surface area contributed by atoms with Gasteiger partial charge in [0.2, 0.25) is 5.91 Å². The van der Waals surface area contributed by atoms with Crippen LogP contribution in [0.4, 0.5) is 5.69 Å². The Kier molecular flexibility index (Phi) is 2.67. The van der Waals surface area contributed by atoms with E-state index in [-0.39, 0.29) is 11.3 Å². The van der Waals surface area contributed by atoms with Crippen LogP contribution in [0.3, 0.4) is 0 Å². The van der Waals surface area contributed by atoms with Crippen molar-refractivity contribution >= 4 is 11.6 Å². The SMILES string of the molecule is Cc1cccc2c1N(C(=O)C1(CN)CC1)CCC2. The first-order valence-corrected chi connectivity index (χ1v) is 6.78. The van der Waals surface area contributed by atoms with Gasteiger partial charge in [-0.2, -0.15) is 0 Å². The lowest BCUT2D eigenvalue weighted by molar-refractivity contribution is -0.123. The van der Waals surface area contributed by atoms with E-state index in [1.807, 2.05) is 4.90 Å². The highest BCUT2D eigenvalue weighted by molar-refractivity contribution is 6.01. The Balaban J connectivity index is 1.99. The number of anilines is 1. The van der Waals surface area contributed by atoms with E-state index in [2.05, 4.69) is 25.1 Å². The minimum absolute atomic E-state index is 0.239. The molecule has 0 radical (unpaired) electrons. The van der Waals surface area contributed by atoms with Crippen LogP contribution in [0.5, 0.6) is 0 Å². The lowest BCUT2D eigenvalue weighted by Crippen LogP contribution is -2.43. The van der Waals surface area contributed by atoms with Crippen molar-refractivity contribution in [2.45, 2.75) is 32.6 Å². The van der Waals surface area contributed by atoms with Crippen molar-refractivity contribution in [3.05, 3.63) is 29.3 Å². The molecule has 1 heterocycles. The standard InChI is InChI=1S/C15H20N2O/c1-11-4-2-5-12-6-3-9-17(13(11)12)14(18)15(10-16)7-8-15/h2,4-5H,3,6-10,16H2,1H3. The van der Waals surface area contributed by atoms with Gasteiger partial charge in [0.25, 0.3) is 0 Å². The van der Waals surface area contributed by atoms with Crippen molar-refractivity contribution in [3.8, 4) is 0 Å². The summed E-state index contributed by atoms with van der Waals surface area (Å²) in [5.74, 6) is 0.250. The van der Waals surface area contributed by atoms with E-state index in [1.54, 1.807) is 0 Å². The first kappa shape index (κ1) is 11.7. The highest BCUT2D eigenvalue weighted by atomic mass is 16.2. The molecule has 0 aromatic heterocycles. The van der Waals surface area contributed by atoms with E-state index in [4.69, 9.17) is 5.73 Å². The molecule has 1 saturated carbocycles. The van der Waals surface area contributed by atoms with Crippen molar-refractivity contribution in [1.29, 1.82) is 0 Å². The topological polar surface area (TPSA) is 46.3 Å². The molecule has 1 aromatic rings. The van der Waals surface area contributed by atoms with Crippen LogP contribution >= 0.6 is 0 Å². The van der Waals surface area contributed by atoms with Crippen molar-refractivity contribution in [3.63, 3.8) is 0 Å². The number of carbonyl (C=O) groups excluding carboxylic acids is 1. The molecule has 1 aliphatic heterocycles. The van der Waals surface area contributed by atoms with Gasteiger partial charge in [0.05, 0.1) is 5.41 Å². The zero-order chi connectivity index (χ0) is 12.8. The van der Waals surface area contributed by atoms with Crippen LogP contribution in [0.2, 0.25) is 0 Å². The molecule has 2 N–H and O–H groups in total. The van der Waals surface area contributed by atoms with Gasteiger partial charge in [-0.1, -0.05) is 18.2 Å². The molecule has 0 saturated heterocycles. The molecule has 1 aromatic carbocycles. The van der Waals surface area contributed by atoms with E-state index in [0.29, 0.717) is 6.54 Å². The summed E-state index contributed by atoms with van der Waals surface area (Å²) in [6, 6.07) is 6.31. The summed E-state index contributed by atoms with van der Waals surface area (Å²) in [6.07, 6.45) is 4.05. The van der Waals surface area contributed by atoms with Gasteiger partial charge in [-0.25, -0.2) is 0 Å². The average molecular weight is 244 g/mol. The minimum Gasteiger partial charge on any atom is -0.329 e. The number of aryl methyl sites for hydroxylation is 2. The van der Waals surface area contributed by atoms with Crippen LogP contribution in [0.25, 0.3) is 0 Å². The van der Waals surface area contributed by atoms with E-state index in [9.17, 15) is 4.79 Å². The smallest absolute Gasteiger partial charge is 0.234 e. The number of hydrogen-bond acceptors (Lipinski definition) is 2. The molecule has 2 aliphatic rings. The zero-order valence-electron chi connectivity index (χ0n) is 10.9. The molecular formula is C15H20N2O. The molecule has 1 amide bonds. The second-order valence-corrected chi connectivity index (χ2v) is 5.63. The van der Waals surface area contributed by atoms with Gasteiger partial charge < -0.3 is 10.6 Å². The van der Waals surface area contributed by atoms with Gasteiger partial charge in [-0.05, 0) is 43.7 Å². The van der Waals surface area contributed by atoms with Crippen LogP contribution in [0.15, 0.2) is 18.2 Å². The van der Waals surface area contributed by atoms with Crippen molar-refractivity contribution in [1.82, 2.24) is 0 Å². The Labute approximate surface area is 108 Å². The molecule has 96 valence electrons. The monoisotopic (exact) mass is 244 g/mol. The number of amides is 1. The third-order valence-electron chi connectivity index (χ3n) is 4.36. The highest BCUT2D eigenvalue weighted by Gasteiger charge is 2.51. The fourth-order valence-electron chi connectivity index (χ4n) is 2.99. The van der Waals surface area contributed by atoms with Crippen LogP contribution in [-0.2, 0) is 11.2 Å². The quantitative estimate of drug-likeness (QED) is 0.865. The molecule has 0 atom stereocenters. The van der Waals surface area contributed by atoms with Gasteiger partial charge in [0.1, 0.15) is 0 Å². The molecule has 1 aliphatic carbocycles. The van der Waals surface area contributed by atoms with Gasteiger partial charge in [-0.3, -0.25) is 4.79 Å². The third kappa shape index (κ3) is 1.65. The first-order valence-electron chi connectivity index (χ1n) is 6.78. The second kappa shape index (κ2) is 4.09. The normalized spacial score (nSPS) is 20.4. The lowest BCUT2D eigenvalue weighted by atomic mass is 9.95. The van der Waals surface area contributed by atoms with Gasteiger partial charge in [0.15, 0.2) is 0 Å². The van der Waals surface area contributed by atoms with Crippen molar-refractivity contribution in [2.24, 2.45) is 11.1 Å². The van der Waals surface area contributed by atoms with Gasteiger partial charge in [-0.15, -0.1) is 0 Å². The van der Waals surface area contributed by atoms with Crippen molar-refractivity contribution in [2.75, 3.05) is 18.0 Å². The van der Waals surface area contributed by atoms with Crippen molar-refractivity contribution < 1.29 is 4.79 Å². The van der Waals surface area contributed by atoms with E-state index >= 15 is 0 Å². The summed E-state index contributed by atoms with van der Waals surface area (Å²) >= 11 is 0. The number of carbonyl (C=O) groups is 1. The number of benzene rings is 1. The summed E-state index contributed by atoms with van der Waals surface area (Å²) in [7, 11) is 0. The number of nitrogens with zero attached hydrogens (tertiary/aromatic N) is 1. The summed E-state index contributed by atoms with van der Waals surface area (Å²) in [6.45, 7) is 3.43. The molecule has 0 spiro atoms. The van der Waals surface area contributed by atoms with E-state index < -0.39 is 0 Å². The van der Waals surface area contributed by atoms with Gasteiger partial charge >= 0.3 is 0 Å². The van der Waals surface area contributed by atoms with E-state index in [1.165, 1.54) is 11.1 Å². The van der Waals surface area contributed by atoms with E-state index in [0.717, 1.165) is 37.9 Å².